The Hall–Kier alpha value is -3.94. The normalized spacial score (nSPS) is 32.7. The van der Waals surface area contributed by atoms with Crippen LogP contribution < -0.4 is 0 Å². The van der Waals surface area contributed by atoms with Gasteiger partial charge in [-0.15, -0.1) is 11.6 Å². The summed E-state index contributed by atoms with van der Waals surface area (Å²) in [5.41, 5.74) is 1.81. The molecule has 2 saturated carbocycles. The van der Waals surface area contributed by atoms with Crippen LogP contribution in [0.5, 0.6) is 0 Å². The number of allylic oxidation sites excluding steroid dienone is 4. The van der Waals surface area contributed by atoms with Crippen molar-refractivity contribution in [2.45, 2.75) is 46.3 Å². The number of sulfone groups is 1. The Morgan fingerprint density at radius 3 is 2.07 bits per heavy atom. The SMILES string of the molecule is O=C(OC(c1ccccc1)c1ccccc1)C1=CC2(C3(C4=CCCC=C4)CC32c2ccccc2)S(=O)(=O)[C@H]2[C@@H](Cl)C(=O)N12. The number of β-lactam (4-membered cyclic amide) rings is 1. The lowest BCUT2D eigenvalue weighted by molar-refractivity contribution is -0.151. The molecule has 3 aliphatic carbocycles. The van der Waals surface area contributed by atoms with Crippen LogP contribution in [-0.2, 0) is 29.6 Å². The summed E-state index contributed by atoms with van der Waals surface area (Å²) >= 11 is 6.49. The number of halogens is 1. The van der Waals surface area contributed by atoms with Gasteiger partial charge in [-0.05, 0) is 47.6 Å². The van der Waals surface area contributed by atoms with E-state index in [1.165, 1.54) is 6.08 Å². The second-order valence-corrected chi connectivity index (χ2v) is 14.6. The number of hydrogen-bond donors (Lipinski definition) is 0. The predicted octanol–water partition coefficient (Wildman–Crippen LogP) is 5.76. The zero-order chi connectivity index (χ0) is 29.6. The van der Waals surface area contributed by atoms with Crippen molar-refractivity contribution in [2.24, 2.45) is 5.41 Å². The molecule has 0 aromatic heterocycles. The molecule has 2 aliphatic heterocycles. The molecule has 0 bridgehead atoms. The van der Waals surface area contributed by atoms with Gasteiger partial charge < -0.3 is 4.74 Å². The summed E-state index contributed by atoms with van der Waals surface area (Å²) in [4.78, 5) is 28.4. The van der Waals surface area contributed by atoms with E-state index in [0.717, 1.165) is 40.0 Å². The van der Waals surface area contributed by atoms with Crippen molar-refractivity contribution >= 4 is 33.3 Å². The van der Waals surface area contributed by atoms with E-state index in [0.29, 0.717) is 6.42 Å². The zero-order valence-electron chi connectivity index (χ0n) is 23.1. The molecule has 0 radical (unpaired) electrons. The number of rotatable bonds is 6. The number of carbonyl (C=O) groups excluding carboxylic acids is 2. The summed E-state index contributed by atoms with van der Waals surface area (Å²) in [5, 5.41) is -2.63. The molecule has 43 heavy (non-hydrogen) atoms. The number of amides is 1. The molecule has 216 valence electrons. The number of fused-ring (bicyclic) bond motifs is 4. The molecule has 3 aromatic rings. The molecule has 8 heteroatoms. The molecule has 0 N–H and O–H groups in total. The summed E-state index contributed by atoms with van der Waals surface area (Å²) in [6.07, 6.45) is 9.33. The standard InChI is InChI=1S/C35H28ClNO5S/c36-28-30(38)37-27(32(39)42-29(23-13-5-1-6-14-23)24-15-7-2-8-16-24)21-35(43(40,41)31(28)37)33(25-17-9-3-10-18-25)22-34(33,35)26-19-11-4-12-20-26/h1-3,5-11,13-21,28-29,31H,4,12,22H2/t28-,31-,33?,34?,35?/m0/s1. The minimum atomic E-state index is -4.07. The maximum absolute atomic E-state index is 14.7. The molecule has 5 aliphatic rings. The largest absolute Gasteiger partial charge is 0.448 e. The Kier molecular flexibility index (Phi) is 5.60. The topological polar surface area (TPSA) is 80.8 Å². The number of esters is 1. The van der Waals surface area contributed by atoms with E-state index in [2.05, 4.69) is 12.2 Å². The third kappa shape index (κ3) is 3.16. The van der Waals surface area contributed by atoms with Gasteiger partial charge in [0.05, 0.1) is 0 Å². The molecule has 3 aromatic carbocycles. The second kappa shape index (κ2) is 9.04. The maximum atomic E-state index is 14.7. The second-order valence-electron chi connectivity index (χ2n) is 11.9. The molecule has 5 atom stereocenters. The van der Waals surface area contributed by atoms with Crippen LogP contribution >= 0.6 is 11.6 Å². The van der Waals surface area contributed by atoms with Crippen LogP contribution in [0.3, 0.4) is 0 Å². The number of ether oxygens (including phenoxy) is 1. The van der Waals surface area contributed by atoms with E-state index < -0.39 is 54.1 Å². The number of alkyl halides is 1. The number of carbonyl (C=O) groups is 2. The molecule has 3 fully saturated rings. The Morgan fingerprint density at radius 1 is 0.884 bits per heavy atom. The van der Waals surface area contributed by atoms with E-state index in [4.69, 9.17) is 16.3 Å². The fraction of sp³-hybridized carbons (Fsp3) is 0.257. The molecule has 6 nitrogen and oxygen atoms in total. The molecule has 1 spiro atoms. The minimum absolute atomic E-state index is 0.0548. The van der Waals surface area contributed by atoms with Gasteiger partial charge in [-0.1, -0.05) is 109 Å². The van der Waals surface area contributed by atoms with Gasteiger partial charge in [-0.25, -0.2) is 13.2 Å². The van der Waals surface area contributed by atoms with Crippen molar-refractivity contribution < 1.29 is 22.7 Å². The van der Waals surface area contributed by atoms with Crippen LogP contribution in [0.2, 0.25) is 0 Å². The first-order valence-corrected chi connectivity index (χ1v) is 16.5. The first-order valence-electron chi connectivity index (χ1n) is 14.5. The highest BCUT2D eigenvalue weighted by Gasteiger charge is 3.05. The lowest BCUT2D eigenvalue weighted by Gasteiger charge is -2.50. The van der Waals surface area contributed by atoms with Crippen LogP contribution in [0.25, 0.3) is 0 Å². The third-order valence-corrected chi connectivity index (χ3v) is 13.5. The van der Waals surface area contributed by atoms with E-state index in [1.807, 2.05) is 97.1 Å². The molecule has 8 rings (SSSR count). The van der Waals surface area contributed by atoms with Gasteiger partial charge in [-0.3, -0.25) is 9.69 Å². The monoisotopic (exact) mass is 609 g/mol. The van der Waals surface area contributed by atoms with Crippen LogP contribution in [0.15, 0.2) is 127 Å². The van der Waals surface area contributed by atoms with Crippen molar-refractivity contribution in [1.82, 2.24) is 4.90 Å². The zero-order valence-corrected chi connectivity index (χ0v) is 24.7. The lowest BCUT2D eigenvalue weighted by Crippen LogP contribution is -2.71. The number of hydrogen-bond acceptors (Lipinski definition) is 5. The van der Waals surface area contributed by atoms with E-state index in [9.17, 15) is 18.0 Å². The minimum Gasteiger partial charge on any atom is -0.448 e. The van der Waals surface area contributed by atoms with Crippen molar-refractivity contribution in [3.63, 3.8) is 0 Å². The molecule has 1 amide bonds. The van der Waals surface area contributed by atoms with Crippen LogP contribution in [0.4, 0.5) is 0 Å². The van der Waals surface area contributed by atoms with Gasteiger partial charge in [-0.2, -0.15) is 0 Å². The first-order chi connectivity index (χ1) is 20.8. The highest BCUT2D eigenvalue weighted by Crippen LogP contribution is 2.98. The van der Waals surface area contributed by atoms with Crippen LogP contribution in [-0.4, -0.2) is 40.7 Å². The van der Waals surface area contributed by atoms with Gasteiger partial charge in [0.25, 0.3) is 0 Å². The maximum Gasteiger partial charge on any atom is 0.355 e. The van der Waals surface area contributed by atoms with Crippen molar-refractivity contribution in [3.8, 4) is 0 Å². The van der Waals surface area contributed by atoms with E-state index in [1.54, 1.807) is 0 Å². The molecular weight excluding hydrogens is 582 g/mol. The quantitative estimate of drug-likeness (QED) is 0.202. The smallest absolute Gasteiger partial charge is 0.355 e. The summed E-state index contributed by atoms with van der Waals surface area (Å²) in [7, 11) is -4.07. The highest BCUT2D eigenvalue weighted by molar-refractivity contribution is 7.94. The van der Waals surface area contributed by atoms with Gasteiger partial charge in [0.15, 0.2) is 21.3 Å². The highest BCUT2D eigenvalue weighted by atomic mass is 35.5. The van der Waals surface area contributed by atoms with Crippen LogP contribution in [0.1, 0.15) is 42.1 Å². The Morgan fingerprint density at radius 2 is 1.49 bits per heavy atom. The molecule has 1 saturated heterocycles. The Bertz CT molecular complexity index is 1830. The van der Waals surface area contributed by atoms with Crippen molar-refractivity contribution in [2.75, 3.05) is 0 Å². The fourth-order valence-electron chi connectivity index (χ4n) is 8.14. The average molecular weight is 610 g/mol. The molecule has 2 heterocycles. The van der Waals surface area contributed by atoms with Gasteiger partial charge in [0.2, 0.25) is 5.91 Å². The van der Waals surface area contributed by atoms with E-state index in [-0.39, 0.29) is 5.70 Å². The summed E-state index contributed by atoms with van der Waals surface area (Å²) < 4.78 is 34.1. The Labute approximate surface area is 255 Å². The predicted molar refractivity (Wildman–Crippen MR) is 162 cm³/mol. The van der Waals surface area contributed by atoms with Gasteiger partial charge >= 0.3 is 5.97 Å². The first kappa shape index (κ1) is 26.7. The third-order valence-electron chi connectivity index (χ3n) is 10.1. The number of nitrogens with zero attached hydrogens (tertiary/aromatic N) is 1. The number of benzene rings is 3. The average Bonchev–Trinajstić information content (AvgIpc) is 3.90. The van der Waals surface area contributed by atoms with Crippen LogP contribution in [0, 0.1) is 5.41 Å². The Balaban J connectivity index is 1.29. The molecular formula is C35H28ClNO5S. The van der Waals surface area contributed by atoms with Crippen molar-refractivity contribution in [3.05, 3.63) is 143 Å². The van der Waals surface area contributed by atoms with E-state index >= 15 is 0 Å². The summed E-state index contributed by atoms with van der Waals surface area (Å²) in [6, 6.07) is 28.3. The fourth-order valence-corrected chi connectivity index (χ4v) is 12.0. The van der Waals surface area contributed by atoms with Gasteiger partial charge in [0, 0.05) is 10.8 Å². The lowest BCUT2D eigenvalue weighted by atomic mass is 9.89. The summed E-state index contributed by atoms with van der Waals surface area (Å²) in [5.74, 6) is -1.37. The van der Waals surface area contributed by atoms with Crippen molar-refractivity contribution in [1.29, 1.82) is 0 Å². The summed E-state index contributed by atoms with van der Waals surface area (Å²) in [6.45, 7) is 0. The molecule has 3 unspecified atom stereocenters. The van der Waals surface area contributed by atoms with Gasteiger partial charge in [0.1, 0.15) is 15.8 Å².